The molecule has 200 valence electrons. The summed E-state index contributed by atoms with van der Waals surface area (Å²) in [5, 5.41) is 9.84. The lowest BCUT2D eigenvalue weighted by Gasteiger charge is -2.38. The molecule has 1 heterocycles. The summed E-state index contributed by atoms with van der Waals surface area (Å²) in [6.07, 6.45) is 6.34. The van der Waals surface area contributed by atoms with Crippen molar-refractivity contribution < 1.29 is 14.6 Å². The SMILES string of the molecule is CN(C(=O)CCC(CC(C)(C)C)C1C(N)=Nc2ccc(Oc3ccccc3)cc21)C1CCCCC1CO. The number of hydrogen-bond donors (Lipinski definition) is 2. The number of aliphatic imine (C=N–C) groups is 1. The topological polar surface area (TPSA) is 88.2 Å². The number of para-hydroxylation sites is 1. The number of nitrogens with zero attached hydrogens (tertiary/aromatic N) is 2. The first-order valence-corrected chi connectivity index (χ1v) is 13.7. The number of fused-ring (bicyclic) bond motifs is 1. The van der Waals surface area contributed by atoms with Gasteiger partial charge >= 0.3 is 0 Å². The molecule has 0 radical (unpaired) electrons. The highest BCUT2D eigenvalue weighted by Gasteiger charge is 2.36. The summed E-state index contributed by atoms with van der Waals surface area (Å²) in [6, 6.07) is 15.9. The van der Waals surface area contributed by atoms with E-state index in [0.29, 0.717) is 12.3 Å². The van der Waals surface area contributed by atoms with Crippen molar-refractivity contribution in [3.8, 4) is 11.5 Å². The number of rotatable bonds is 9. The Morgan fingerprint density at radius 1 is 1.14 bits per heavy atom. The minimum absolute atomic E-state index is 0.0495. The van der Waals surface area contributed by atoms with Gasteiger partial charge in [0.2, 0.25) is 5.91 Å². The summed E-state index contributed by atoms with van der Waals surface area (Å²) < 4.78 is 6.11. The third-order valence-corrected chi connectivity index (χ3v) is 7.95. The first-order valence-electron chi connectivity index (χ1n) is 13.7. The Kier molecular flexibility index (Phi) is 8.58. The second-order valence-electron chi connectivity index (χ2n) is 12.0. The van der Waals surface area contributed by atoms with Crippen LogP contribution >= 0.6 is 0 Å². The van der Waals surface area contributed by atoms with Crippen molar-refractivity contribution in [2.24, 2.45) is 28.0 Å². The Morgan fingerprint density at radius 3 is 2.57 bits per heavy atom. The van der Waals surface area contributed by atoms with Crippen molar-refractivity contribution in [3.05, 3.63) is 54.1 Å². The van der Waals surface area contributed by atoms with Gasteiger partial charge < -0.3 is 20.5 Å². The normalized spacial score (nSPS) is 22.2. The molecule has 1 aliphatic heterocycles. The van der Waals surface area contributed by atoms with Gasteiger partial charge in [-0.1, -0.05) is 51.8 Å². The van der Waals surface area contributed by atoms with Crippen LogP contribution in [-0.2, 0) is 4.79 Å². The van der Waals surface area contributed by atoms with Gasteiger partial charge in [-0.05, 0) is 72.9 Å². The number of nitrogens with two attached hydrogens (primary N) is 1. The van der Waals surface area contributed by atoms with Crippen molar-refractivity contribution in [2.75, 3.05) is 13.7 Å². The Morgan fingerprint density at radius 2 is 1.86 bits per heavy atom. The second-order valence-corrected chi connectivity index (χ2v) is 12.0. The maximum Gasteiger partial charge on any atom is 0.222 e. The quantitative estimate of drug-likeness (QED) is 0.412. The Bertz CT molecular complexity index is 1090. The highest BCUT2D eigenvalue weighted by atomic mass is 16.5. The molecule has 4 atom stereocenters. The number of ether oxygens (including phenoxy) is 1. The van der Waals surface area contributed by atoms with Gasteiger partial charge in [-0.25, -0.2) is 4.99 Å². The van der Waals surface area contributed by atoms with Crippen LogP contribution in [0.1, 0.15) is 77.2 Å². The monoisotopic (exact) mass is 505 g/mol. The molecule has 2 aromatic carbocycles. The summed E-state index contributed by atoms with van der Waals surface area (Å²) in [6.45, 7) is 6.86. The lowest BCUT2D eigenvalue weighted by molar-refractivity contribution is -0.134. The molecule has 3 N–H and O–H groups in total. The maximum atomic E-state index is 13.3. The number of benzene rings is 2. The minimum Gasteiger partial charge on any atom is -0.457 e. The average Bonchev–Trinajstić information content (AvgIpc) is 3.20. The van der Waals surface area contributed by atoms with E-state index in [1.807, 2.05) is 54.4 Å². The molecule has 6 nitrogen and oxygen atoms in total. The molecule has 1 fully saturated rings. The van der Waals surface area contributed by atoms with E-state index in [0.717, 1.165) is 61.3 Å². The van der Waals surface area contributed by atoms with E-state index < -0.39 is 0 Å². The lowest BCUT2D eigenvalue weighted by Crippen LogP contribution is -2.45. The molecule has 4 rings (SSSR count). The Balaban J connectivity index is 1.52. The molecule has 0 bridgehead atoms. The number of amides is 1. The standard InChI is InChI=1S/C31H43N3O3/c1-31(2,3)19-21(14-17-28(36)34(4)27-13-9-8-10-22(27)20-35)29-25-18-24(15-16-26(25)33-30(29)32)37-23-11-6-5-7-12-23/h5-7,11-12,15-16,18,21-22,27,29,35H,8-10,13-14,17,19-20H2,1-4H3,(H2,32,33). The van der Waals surface area contributed by atoms with Crippen molar-refractivity contribution in [2.45, 2.75) is 77.7 Å². The van der Waals surface area contributed by atoms with Crippen LogP contribution in [0.25, 0.3) is 0 Å². The highest BCUT2D eigenvalue weighted by Crippen LogP contribution is 2.46. The molecule has 6 heteroatoms. The molecule has 0 spiro atoms. The molecule has 4 unspecified atom stereocenters. The summed E-state index contributed by atoms with van der Waals surface area (Å²) in [5.74, 6) is 2.63. The second kappa shape index (κ2) is 11.7. The number of carbonyl (C=O) groups is 1. The van der Waals surface area contributed by atoms with Gasteiger partial charge in [0.05, 0.1) is 5.69 Å². The van der Waals surface area contributed by atoms with Gasteiger partial charge in [0.1, 0.15) is 17.3 Å². The number of amidine groups is 1. The summed E-state index contributed by atoms with van der Waals surface area (Å²) in [7, 11) is 1.91. The van der Waals surface area contributed by atoms with E-state index >= 15 is 0 Å². The molecule has 1 aliphatic carbocycles. The van der Waals surface area contributed by atoms with Crippen LogP contribution in [-0.4, -0.2) is 41.4 Å². The van der Waals surface area contributed by atoms with Gasteiger partial charge in [0.25, 0.3) is 0 Å². The van der Waals surface area contributed by atoms with E-state index in [1.165, 1.54) is 0 Å². The molecular weight excluding hydrogens is 462 g/mol. The lowest BCUT2D eigenvalue weighted by atomic mass is 9.74. The van der Waals surface area contributed by atoms with Crippen molar-refractivity contribution in [1.29, 1.82) is 0 Å². The van der Waals surface area contributed by atoms with Crippen LogP contribution in [0.2, 0.25) is 0 Å². The number of hydrogen-bond acceptors (Lipinski definition) is 5. The smallest absolute Gasteiger partial charge is 0.222 e. The number of aliphatic hydroxyl groups excluding tert-OH is 1. The summed E-state index contributed by atoms with van der Waals surface area (Å²) >= 11 is 0. The predicted octanol–water partition coefficient (Wildman–Crippen LogP) is 6.41. The van der Waals surface area contributed by atoms with Gasteiger partial charge in [-0.3, -0.25) is 4.79 Å². The van der Waals surface area contributed by atoms with Gasteiger partial charge in [-0.15, -0.1) is 0 Å². The van der Waals surface area contributed by atoms with E-state index in [-0.39, 0.29) is 41.7 Å². The largest absolute Gasteiger partial charge is 0.457 e. The van der Waals surface area contributed by atoms with Crippen molar-refractivity contribution in [1.82, 2.24) is 4.90 Å². The predicted molar refractivity (Wildman–Crippen MR) is 149 cm³/mol. The molecule has 2 aromatic rings. The van der Waals surface area contributed by atoms with Crippen LogP contribution in [0.3, 0.4) is 0 Å². The van der Waals surface area contributed by atoms with Crippen LogP contribution in [0.5, 0.6) is 11.5 Å². The van der Waals surface area contributed by atoms with Crippen molar-refractivity contribution in [3.63, 3.8) is 0 Å². The molecule has 1 saturated carbocycles. The fourth-order valence-corrected chi connectivity index (χ4v) is 6.19. The van der Waals surface area contributed by atoms with E-state index in [4.69, 9.17) is 15.5 Å². The molecule has 0 aromatic heterocycles. The van der Waals surface area contributed by atoms with Gasteiger partial charge in [0.15, 0.2) is 0 Å². The summed E-state index contributed by atoms with van der Waals surface area (Å²) in [5.41, 5.74) is 8.60. The zero-order valence-corrected chi connectivity index (χ0v) is 22.8. The highest BCUT2D eigenvalue weighted by molar-refractivity contribution is 5.95. The first kappa shape index (κ1) is 27.2. The van der Waals surface area contributed by atoms with Gasteiger partial charge in [0, 0.05) is 38.0 Å². The van der Waals surface area contributed by atoms with Gasteiger partial charge in [-0.2, -0.15) is 0 Å². The van der Waals surface area contributed by atoms with Crippen molar-refractivity contribution >= 4 is 17.4 Å². The van der Waals surface area contributed by atoms with Crippen LogP contribution in [0.4, 0.5) is 5.69 Å². The fraction of sp³-hybridized carbons (Fsp3) is 0.548. The molecule has 1 amide bonds. The Hall–Kier alpha value is -2.86. The average molecular weight is 506 g/mol. The van der Waals surface area contributed by atoms with E-state index in [9.17, 15) is 9.90 Å². The van der Waals surface area contributed by atoms with E-state index in [2.05, 4.69) is 26.8 Å². The first-order chi connectivity index (χ1) is 17.7. The number of aliphatic hydroxyl groups is 1. The minimum atomic E-state index is -0.0495. The molecule has 0 saturated heterocycles. The van der Waals surface area contributed by atoms with E-state index in [1.54, 1.807) is 0 Å². The van der Waals surface area contributed by atoms with Crippen LogP contribution < -0.4 is 10.5 Å². The molecular formula is C31H43N3O3. The number of carbonyl (C=O) groups excluding carboxylic acids is 1. The van der Waals surface area contributed by atoms with Crippen LogP contribution in [0, 0.1) is 17.3 Å². The third-order valence-electron chi connectivity index (χ3n) is 7.95. The fourth-order valence-electron chi connectivity index (χ4n) is 6.19. The van der Waals surface area contributed by atoms with Crippen LogP contribution in [0.15, 0.2) is 53.5 Å². The summed E-state index contributed by atoms with van der Waals surface area (Å²) in [4.78, 5) is 19.9. The third kappa shape index (κ3) is 6.72. The maximum absolute atomic E-state index is 13.3. The zero-order chi connectivity index (χ0) is 26.6. The molecule has 37 heavy (non-hydrogen) atoms. The zero-order valence-electron chi connectivity index (χ0n) is 22.8. The Labute approximate surface area is 221 Å². The molecule has 2 aliphatic rings.